The summed E-state index contributed by atoms with van der Waals surface area (Å²) in [4.78, 5) is 24.6. The maximum absolute atomic E-state index is 13.0. The smallest absolute Gasteiger partial charge is 0.337 e. The largest absolute Gasteiger partial charge is 0.465 e. The number of benzene rings is 1. The number of hydrogen-bond acceptors (Lipinski definition) is 3. The number of carbonyl (C=O) groups excluding carboxylic acids is 2. The number of anilines is 1. The summed E-state index contributed by atoms with van der Waals surface area (Å²) < 4.78 is 4.74. The van der Waals surface area contributed by atoms with E-state index in [2.05, 4.69) is 5.32 Å². The van der Waals surface area contributed by atoms with E-state index in [9.17, 15) is 9.59 Å². The zero-order valence-corrected chi connectivity index (χ0v) is 13.5. The summed E-state index contributed by atoms with van der Waals surface area (Å²) >= 11 is 0. The molecular formula is C19H23NO3. The Balaban J connectivity index is 1.53. The summed E-state index contributed by atoms with van der Waals surface area (Å²) in [6.07, 6.45) is 7.10. The predicted molar refractivity (Wildman–Crippen MR) is 87.0 cm³/mol. The standard InChI is InChI=1S/C19H23NO3/c1-23-17(21)15-3-2-4-16(8-15)20-18(22)19-9-12-5-13(10-19)7-14(6-12)11-19/h2-4,8,12-14H,5-7,9-11H2,1H3,(H,20,22). The van der Waals surface area contributed by atoms with E-state index >= 15 is 0 Å². The maximum atomic E-state index is 13.0. The molecule has 0 radical (unpaired) electrons. The second kappa shape index (κ2) is 5.36. The lowest BCUT2D eigenvalue weighted by Crippen LogP contribution is -2.51. The van der Waals surface area contributed by atoms with E-state index in [1.165, 1.54) is 26.4 Å². The zero-order chi connectivity index (χ0) is 16.0. The molecule has 0 aromatic heterocycles. The van der Waals surface area contributed by atoms with Crippen molar-refractivity contribution in [2.75, 3.05) is 12.4 Å². The number of esters is 1. The third-order valence-corrected chi connectivity index (χ3v) is 6.06. The van der Waals surface area contributed by atoms with E-state index in [-0.39, 0.29) is 17.3 Å². The van der Waals surface area contributed by atoms with Gasteiger partial charge in [0, 0.05) is 5.69 Å². The number of hydrogen-bond donors (Lipinski definition) is 1. The topological polar surface area (TPSA) is 55.4 Å². The number of rotatable bonds is 3. The molecule has 4 nitrogen and oxygen atoms in total. The second-order valence-corrected chi connectivity index (χ2v) is 7.72. The summed E-state index contributed by atoms with van der Waals surface area (Å²) in [5.41, 5.74) is 0.986. The van der Waals surface area contributed by atoms with Crippen LogP contribution in [0.5, 0.6) is 0 Å². The lowest BCUT2D eigenvalue weighted by Gasteiger charge is -2.55. The van der Waals surface area contributed by atoms with Crippen LogP contribution in [0.1, 0.15) is 48.9 Å². The van der Waals surface area contributed by atoms with Crippen molar-refractivity contribution < 1.29 is 14.3 Å². The lowest BCUT2D eigenvalue weighted by molar-refractivity contribution is -0.140. The van der Waals surface area contributed by atoms with Crippen LogP contribution in [0.25, 0.3) is 0 Å². The summed E-state index contributed by atoms with van der Waals surface area (Å²) in [6.45, 7) is 0. The fraction of sp³-hybridized carbons (Fsp3) is 0.579. The highest BCUT2D eigenvalue weighted by atomic mass is 16.5. The summed E-state index contributed by atoms with van der Waals surface area (Å²) in [6, 6.07) is 7.02. The molecule has 0 heterocycles. The molecule has 4 heteroatoms. The van der Waals surface area contributed by atoms with Crippen LogP contribution in [-0.4, -0.2) is 19.0 Å². The zero-order valence-electron chi connectivity index (χ0n) is 13.5. The van der Waals surface area contributed by atoms with Crippen molar-refractivity contribution >= 4 is 17.6 Å². The van der Waals surface area contributed by atoms with Crippen molar-refractivity contribution in [3.8, 4) is 0 Å². The van der Waals surface area contributed by atoms with Crippen LogP contribution in [0.15, 0.2) is 24.3 Å². The highest BCUT2D eigenvalue weighted by molar-refractivity contribution is 5.97. The minimum atomic E-state index is -0.379. The van der Waals surface area contributed by atoms with Crippen LogP contribution < -0.4 is 5.32 Å². The molecule has 0 saturated heterocycles. The molecular weight excluding hydrogens is 290 g/mol. The minimum absolute atomic E-state index is 0.151. The van der Waals surface area contributed by atoms with Gasteiger partial charge in [-0.05, 0) is 74.5 Å². The average Bonchev–Trinajstić information content (AvgIpc) is 2.53. The Hall–Kier alpha value is -1.84. The third-order valence-electron chi connectivity index (χ3n) is 6.06. The molecule has 0 aliphatic heterocycles. The van der Waals surface area contributed by atoms with E-state index in [1.54, 1.807) is 18.2 Å². The Labute approximate surface area is 136 Å². The van der Waals surface area contributed by atoms with Crippen LogP contribution in [-0.2, 0) is 9.53 Å². The lowest BCUT2D eigenvalue weighted by atomic mass is 9.49. The van der Waals surface area contributed by atoms with Crippen molar-refractivity contribution in [3.63, 3.8) is 0 Å². The molecule has 4 fully saturated rings. The predicted octanol–water partition coefficient (Wildman–Crippen LogP) is 3.63. The summed E-state index contributed by atoms with van der Waals surface area (Å²) in [7, 11) is 1.36. The highest BCUT2D eigenvalue weighted by Crippen LogP contribution is 2.60. The molecule has 4 saturated carbocycles. The van der Waals surface area contributed by atoms with E-state index < -0.39 is 0 Å². The number of ether oxygens (including phenoxy) is 1. The van der Waals surface area contributed by atoms with Gasteiger partial charge < -0.3 is 10.1 Å². The van der Waals surface area contributed by atoms with Gasteiger partial charge >= 0.3 is 5.97 Å². The molecule has 1 amide bonds. The van der Waals surface area contributed by atoms with E-state index in [1.807, 2.05) is 6.07 Å². The normalized spacial score (nSPS) is 34.2. The van der Waals surface area contributed by atoms with Crippen LogP contribution >= 0.6 is 0 Å². The van der Waals surface area contributed by atoms with Gasteiger partial charge in [0.2, 0.25) is 5.91 Å². The van der Waals surface area contributed by atoms with Gasteiger partial charge in [0.25, 0.3) is 0 Å². The molecule has 0 atom stereocenters. The molecule has 23 heavy (non-hydrogen) atoms. The number of nitrogens with one attached hydrogen (secondary N) is 1. The Kier molecular flexibility index (Phi) is 3.43. The SMILES string of the molecule is COC(=O)c1cccc(NC(=O)C23CC4CC(CC(C4)C2)C3)c1. The first-order chi connectivity index (χ1) is 11.1. The van der Waals surface area contributed by atoms with Gasteiger partial charge in [0.1, 0.15) is 0 Å². The second-order valence-electron chi connectivity index (χ2n) is 7.72. The van der Waals surface area contributed by atoms with Gasteiger partial charge in [0.05, 0.1) is 18.1 Å². The van der Waals surface area contributed by atoms with Crippen molar-refractivity contribution in [1.82, 2.24) is 0 Å². The van der Waals surface area contributed by atoms with Gasteiger partial charge in [-0.3, -0.25) is 4.79 Å². The fourth-order valence-corrected chi connectivity index (χ4v) is 5.49. The summed E-state index contributed by atoms with van der Waals surface area (Å²) in [5.74, 6) is 2.00. The van der Waals surface area contributed by atoms with E-state index in [0.29, 0.717) is 11.3 Å². The highest BCUT2D eigenvalue weighted by Gasteiger charge is 2.54. The van der Waals surface area contributed by atoms with Gasteiger partial charge in [-0.15, -0.1) is 0 Å². The van der Waals surface area contributed by atoms with Crippen molar-refractivity contribution in [3.05, 3.63) is 29.8 Å². The Morgan fingerprint density at radius 1 is 1.09 bits per heavy atom. The number of methoxy groups -OCH3 is 1. The van der Waals surface area contributed by atoms with Gasteiger partial charge in [-0.1, -0.05) is 6.07 Å². The third kappa shape index (κ3) is 2.54. The van der Waals surface area contributed by atoms with Gasteiger partial charge in [-0.25, -0.2) is 4.79 Å². The van der Waals surface area contributed by atoms with Crippen LogP contribution in [0.2, 0.25) is 0 Å². The molecule has 0 unspecified atom stereocenters. The molecule has 4 aliphatic carbocycles. The van der Waals surface area contributed by atoms with E-state index in [0.717, 1.165) is 37.0 Å². The Morgan fingerprint density at radius 2 is 1.70 bits per heavy atom. The van der Waals surface area contributed by atoms with Gasteiger partial charge in [0.15, 0.2) is 0 Å². The number of carbonyl (C=O) groups is 2. The van der Waals surface area contributed by atoms with Crippen molar-refractivity contribution in [1.29, 1.82) is 0 Å². The van der Waals surface area contributed by atoms with Crippen molar-refractivity contribution in [2.24, 2.45) is 23.2 Å². The molecule has 4 bridgehead atoms. The van der Waals surface area contributed by atoms with Crippen LogP contribution in [0.4, 0.5) is 5.69 Å². The van der Waals surface area contributed by atoms with Gasteiger partial charge in [-0.2, -0.15) is 0 Å². The van der Waals surface area contributed by atoms with E-state index in [4.69, 9.17) is 4.74 Å². The maximum Gasteiger partial charge on any atom is 0.337 e. The average molecular weight is 313 g/mol. The quantitative estimate of drug-likeness (QED) is 0.867. The van der Waals surface area contributed by atoms with Crippen LogP contribution in [0.3, 0.4) is 0 Å². The number of amides is 1. The molecule has 1 N–H and O–H groups in total. The Bertz CT molecular complexity index is 616. The fourth-order valence-electron chi connectivity index (χ4n) is 5.49. The molecule has 122 valence electrons. The molecule has 1 aromatic rings. The first-order valence-electron chi connectivity index (χ1n) is 8.58. The first-order valence-corrected chi connectivity index (χ1v) is 8.58. The monoisotopic (exact) mass is 313 g/mol. The minimum Gasteiger partial charge on any atom is -0.465 e. The molecule has 1 aromatic carbocycles. The Morgan fingerprint density at radius 3 is 2.26 bits per heavy atom. The van der Waals surface area contributed by atoms with Crippen LogP contribution in [0, 0.1) is 23.2 Å². The van der Waals surface area contributed by atoms with Crippen molar-refractivity contribution in [2.45, 2.75) is 38.5 Å². The molecule has 5 rings (SSSR count). The summed E-state index contributed by atoms with van der Waals surface area (Å²) in [5, 5.41) is 3.07. The molecule has 4 aliphatic rings. The molecule has 0 spiro atoms. The first kappa shape index (κ1) is 14.7.